The van der Waals surface area contributed by atoms with E-state index in [1.54, 1.807) is 29.5 Å². The molecule has 102 valence electrons. The predicted molar refractivity (Wildman–Crippen MR) is 71.3 cm³/mol. The van der Waals surface area contributed by atoms with Gasteiger partial charge in [0, 0.05) is 17.6 Å². The Hall–Kier alpha value is -1.82. The van der Waals surface area contributed by atoms with Crippen LogP contribution < -0.4 is 14.8 Å². The molecular weight excluding hydrogens is 272 g/mol. The van der Waals surface area contributed by atoms with Crippen molar-refractivity contribution in [2.75, 3.05) is 12.4 Å². The van der Waals surface area contributed by atoms with E-state index in [1.165, 1.54) is 7.11 Å². The first-order chi connectivity index (χ1) is 9.19. The number of ether oxygens (including phenoxy) is 2. The number of benzene rings is 1. The fraction of sp³-hybridized carbons (Fsp3) is 0.231. The van der Waals surface area contributed by atoms with E-state index < -0.39 is 6.61 Å². The number of anilines is 1. The van der Waals surface area contributed by atoms with E-state index in [-0.39, 0.29) is 5.75 Å². The van der Waals surface area contributed by atoms with Gasteiger partial charge in [-0.25, -0.2) is 0 Å². The van der Waals surface area contributed by atoms with Crippen LogP contribution in [0.3, 0.4) is 0 Å². The van der Waals surface area contributed by atoms with E-state index in [2.05, 4.69) is 10.1 Å². The van der Waals surface area contributed by atoms with Crippen molar-refractivity contribution in [1.82, 2.24) is 0 Å². The number of alkyl halides is 2. The molecule has 0 bridgehead atoms. The quantitative estimate of drug-likeness (QED) is 0.871. The Labute approximate surface area is 113 Å². The van der Waals surface area contributed by atoms with Gasteiger partial charge in [-0.15, -0.1) is 0 Å². The maximum atomic E-state index is 12.3. The highest BCUT2D eigenvalue weighted by Gasteiger charge is 2.11. The molecule has 1 N–H and O–H groups in total. The zero-order valence-electron chi connectivity index (χ0n) is 10.2. The summed E-state index contributed by atoms with van der Waals surface area (Å²) in [4.78, 5) is 0. The predicted octanol–water partition coefficient (Wildman–Crippen LogP) is 3.97. The average Bonchev–Trinajstić information content (AvgIpc) is 2.89. The minimum absolute atomic E-state index is 0.0436. The van der Waals surface area contributed by atoms with Gasteiger partial charge in [0.1, 0.15) is 0 Å². The third-order valence-electron chi connectivity index (χ3n) is 2.46. The summed E-state index contributed by atoms with van der Waals surface area (Å²) in [6.45, 7) is -2.34. The molecule has 0 saturated carbocycles. The van der Waals surface area contributed by atoms with Crippen LogP contribution in [0, 0.1) is 0 Å². The van der Waals surface area contributed by atoms with E-state index in [0.29, 0.717) is 12.3 Å². The summed E-state index contributed by atoms with van der Waals surface area (Å²) in [6.07, 6.45) is 0. The van der Waals surface area contributed by atoms with E-state index in [0.717, 1.165) is 11.3 Å². The molecule has 0 amide bonds. The van der Waals surface area contributed by atoms with Crippen LogP contribution in [0.4, 0.5) is 14.5 Å². The first-order valence-electron chi connectivity index (χ1n) is 5.57. The number of hydrogen-bond acceptors (Lipinski definition) is 4. The molecule has 6 heteroatoms. The Balaban J connectivity index is 2.08. The van der Waals surface area contributed by atoms with Crippen LogP contribution in [-0.4, -0.2) is 13.7 Å². The average molecular weight is 285 g/mol. The zero-order valence-corrected chi connectivity index (χ0v) is 11.0. The van der Waals surface area contributed by atoms with Crippen LogP contribution in [-0.2, 0) is 6.54 Å². The highest BCUT2D eigenvalue weighted by atomic mass is 32.1. The summed E-state index contributed by atoms with van der Waals surface area (Å²) in [7, 11) is 1.41. The van der Waals surface area contributed by atoms with E-state index in [4.69, 9.17) is 4.74 Å². The van der Waals surface area contributed by atoms with Crippen LogP contribution in [0.2, 0.25) is 0 Å². The molecule has 1 aromatic heterocycles. The van der Waals surface area contributed by atoms with Gasteiger partial charge in [-0.05, 0) is 29.1 Å². The van der Waals surface area contributed by atoms with Crippen LogP contribution >= 0.6 is 11.3 Å². The summed E-state index contributed by atoms with van der Waals surface area (Å²) in [5.41, 5.74) is 1.83. The summed E-state index contributed by atoms with van der Waals surface area (Å²) in [6, 6.07) is 6.91. The van der Waals surface area contributed by atoms with Crippen molar-refractivity contribution >= 4 is 17.0 Å². The molecule has 2 aromatic rings. The molecule has 3 nitrogen and oxygen atoms in total. The maximum absolute atomic E-state index is 12.3. The van der Waals surface area contributed by atoms with Crippen LogP contribution in [0.15, 0.2) is 35.0 Å². The molecule has 1 heterocycles. The molecule has 0 aliphatic rings. The normalized spacial score (nSPS) is 10.5. The van der Waals surface area contributed by atoms with Crippen LogP contribution in [0.25, 0.3) is 0 Å². The standard InChI is InChI=1S/C13H13F2NO2S/c1-17-11-3-2-9(6-12(11)18-13(14)15)7-16-10-4-5-19-8-10/h2-6,8,13,16H,7H2,1H3. The summed E-state index contributed by atoms with van der Waals surface area (Å²) < 4.78 is 34.0. The smallest absolute Gasteiger partial charge is 0.387 e. The van der Waals surface area contributed by atoms with Gasteiger partial charge in [0.15, 0.2) is 11.5 Å². The van der Waals surface area contributed by atoms with Gasteiger partial charge in [0.2, 0.25) is 0 Å². The fourth-order valence-electron chi connectivity index (χ4n) is 1.59. The van der Waals surface area contributed by atoms with Gasteiger partial charge >= 0.3 is 6.61 Å². The number of rotatable bonds is 6. The second-order valence-electron chi connectivity index (χ2n) is 3.73. The highest BCUT2D eigenvalue weighted by molar-refractivity contribution is 7.08. The molecule has 0 radical (unpaired) electrons. The Kier molecular flexibility index (Phi) is 4.57. The fourth-order valence-corrected chi connectivity index (χ4v) is 2.20. The summed E-state index contributed by atoms with van der Waals surface area (Å²) >= 11 is 1.59. The van der Waals surface area contributed by atoms with Crippen molar-refractivity contribution in [2.24, 2.45) is 0 Å². The molecule has 0 aliphatic heterocycles. The molecule has 0 fully saturated rings. The third kappa shape index (κ3) is 3.82. The minimum Gasteiger partial charge on any atom is -0.493 e. The molecule has 0 aliphatic carbocycles. The van der Waals surface area contributed by atoms with Crippen LogP contribution in [0.5, 0.6) is 11.5 Å². The van der Waals surface area contributed by atoms with Crippen molar-refractivity contribution in [3.63, 3.8) is 0 Å². The number of thiophene rings is 1. The molecule has 0 saturated heterocycles. The van der Waals surface area contributed by atoms with Gasteiger partial charge in [-0.3, -0.25) is 0 Å². The Morgan fingerprint density at radius 1 is 1.26 bits per heavy atom. The Bertz CT molecular complexity index is 517. The van der Waals surface area contributed by atoms with Crippen molar-refractivity contribution in [3.8, 4) is 11.5 Å². The number of halogens is 2. The number of nitrogens with one attached hydrogen (secondary N) is 1. The largest absolute Gasteiger partial charge is 0.493 e. The second-order valence-corrected chi connectivity index (χ2v) is 4.51. The molecular formula is C13H13F2NO2S. The van der Waals surface area contributed by atoms with Crippen molar-refractivity contribution in [2.45, 2.75) is 13.2 Å². The van der Waals surface area contributed by atoms with Gasteiger partial charge < -0.3 is 14.8 Å². The van der Waals surface area contributed by atoms with E-state index in [1.807, 2.05) is 16.8 Å². The lowest BCUT2D eigenvalue weighted by Gasteiger charge is -2.12. The van der Waals surface area contributed by atoms with Gasteiger partial charge in [0.25, 0.3) is 0 Å². The molecule has 0 atom stereocenters. The lowest BCUT2D eigenvalue weighted by atomic mass is 10.2. The number of hydrogen-bond donors (Lipinski definition) is 1. The summed E-state index contributed by atoms with van der Waals surface area (Å²) in [5.74, 6) is 0.335. The van der Waals surface area contributed by atoms with Crippen molar-refractivity contribution in [3.05, 3.63) is 40.6 Å². The monoisotopic (exact) mass is 285 g/mol. The molecule has 0 spiro atoms. The Morgan fingerprint density at radius 2 is 2.11 bits per heavy atom. The highest BCUT2D eigenvalue weighted by Crippen LogP contribution is 2.29. The van der Waals surface area contributed by atoms with Gasteiger partial charge in [-0.2, -0.15) is 20.1 Å². The first-order valence-corrected chi connectivity index (χ1v) is 6.51. The van der Waals surface area contributed by atoms with E-state index in [9.17, 15) is 8.78 Å². The van der Waals surface area contributed by atoms with Crippen molar-refractivity contribution < 1.29 is 18.3 Å². The lowest BCUT2D eigenvalue weighted by Crippen LogP contribution is -2.05. The van der Waals surface area contributed by atoms with Crippen molar-refractivity contribution in [1.29, 1.82) is 0 Å². The van der Waals surface area contributed by atoms with Gasteiger partial charge in [-0.1, -0.05) is 6.07 Å². The van der Waals surface area contributed by atoms with E-state index >= 15 is 0 Å². The number of methoxy groups -OCH3 is 1. The Morgan fingerprint density at radius 3 is 2.74 bits per heavy atom. The maximum Gasteiger partial charge on any atom is 0.387 e. The zero-order chi connectivity index (χ0) is 13.7. The second kappa shape index (κ2) is 6.38. The van der Waals surface area contributed by atoms with Crippen LogP contribution in [0.1, 0.15) is 5.56 Å². The lowest BCUT2D eigenvalue weighted by molar-refractivity contribution is -0.0512. The summed E-state index contributed by atoms with van der Waals surface area (Å²) in [5, 5.41) is 7.12. The molecule has 1 aromatic carbocycles. The minimum atomic E-state index is -2.87. The van der Waals surface area contributed by atoms with Gasteiger partial charge in [0.05, 0.1) is 7.11 Å². The SMILES string of the molecule is COc1ccc(CNc2ccsc2)cc1OC(F)F. The molecule has 0 unspecified atom stereocenters. The third-order valence-corrected chi connectivity index (χ3v) is 3.15. The molecule has 19 heavy (non-hydrogen) atoms. The first kappa shape index (κ1) is 13.6. The topological polar surface area (TPSA) is 30.5 Å². The molecule has 2 rings (SSSR count).